The highest BCUT2D eigenvalue weighted by molar-refractivity contribution is 5.68. The molecular formula is C15H17NO2. The number of carboxylic acid groups (broad SMARTS) is 1. The fourth-order valence-electron chi connectivity index (χ4n) is 2.55. The average Bonchev–Trinajstić information content (AvgIpc) is 3.13. The van der Waals surface area contributed by atoms with Gasteiger partial charge in [0.15, 0.2) is 0 Å². The van der Waals surface area contributed by atoms with E-state index < -0.39 is 5.97 Å². The van der Waals surface area contributed by atoms with Crippen LogP contribution in [-0.4, -0.2) is 11.1 Å². The van der Waals surface area contributed by atoms with E-state index in [1.807, 2.05) is 26.0 Å². The number of nitrogens with zero attached hydrogens (tertiary/aromatic N) is 1. The van der Waals surface area contributed by atoms with Crippen molar-refractivity contribution in [3.05, 3.63) is 34.4 Å². The van der Waals surface area contributed by atoms with Gasteiger partial charge in [0, 0.05) is 0 Å². The van der Waals surface area contributed by atoms with Crippen LogP contribution in [0.3, 0.4) is 0 Å². The van der Waals surface area contributed by atoms with Gasteiger partial charge < -0.3 is 5.11 Å². The van der Waals surface area contributed by atoms with Crippen LogP contribution in [0.25, 0.3) is 0 Å². The summed E-state index contributed by atoms with van der Waals surface area (Å²) in [6, 6.07) is 5.89. The van der Waals surface area contributed by atoms with Crippen molar-refractivity contribution < 1.29 is 9.90 Å². The van der Waals surface area contributed by atoms with E-state index in [0.717, 1.165) is 29.5 Å². The van der Waals surface area contributed by atoms with E-state index in [1.165, 1.54) is 0 Å². The first-order valence-corrected chi connectivity index (χ1v) is 6.26. The maximum atomic E-state index is 11.0. The van der Waals surface area contributed by atoms with Gasteiger partial charge in [0.25, 0.3) is 0 Å². The normalized spacial score (nSPS) is 16.1. The molecule has 1 N–H and O–H groups in total. The maximum absolute atomic E-state index is 11.0. The first-order chi connectivity index (χ1) is 8.52. The highest BCUT2D eigenvalue weighted by atomic mass is 16.4. The number of hydrogen-bond acceptors (Lipinski definition) is 2. The molecule has 0 amide bonds. The van der Waals surface area contributed by atoms with E-state index in [9.17, 15) is 4.79 Å². The molecule has 18 heavy (non-hydrogen) atoms. The Morgan fingerprint density at radius 2 is 2.17 bits per heavy atom. The van der Waals surface area contributed by atoms with E-state index in [-0.39, 0.29) is 12.3 Å². The predicted molar refractivity (Wildman–Crippen MR) is 68.3 cm³/mol. The fraction of sp³-hybridized carbons (Fsp3) is 0.467. The Balaban J connectivity index is 2.43. The molecule has 0 spiro atoms. The molecule has 1 saturated carbocycles. The van der Waals surface area contributed by atoms with Gasteiger partial charge in [-0.2, -0.15) is 5.26 Å². The highest BCUT2D eigenvalue weighted by Crippen LogP contribution is 2.45. The average molecular weight is 243 g/mol. The maximum Gasteiger partial charge on any atom is 0.303 e. The lowest BCUT2D eigenvalue weighted by Gasteiger charge is -2.19. The number of rotatable bonds is 4. The third kappa shape index (κ3) is 2.53. The van der Waals surface area contributed by atoms with Crippen molar-refractivity contribution in [1.29, 1.82) is 5.26 Å². The SMILES string of the molecule is Cc1cc(C#N)cc(C(CC(=O)O)C2CC2)c1C. The summed E-state index contributed by atoms with van der Waals surface area (Å²) in [4.78, 5) is 11.0. The summed E-state index contributed by atoms with van der Waals surface area (Å²) in [7, 11) is 0. The van der Waals surface area contributed by atoms with E-state index in [0.29, 0.717) is 11.5 Å². The van der Waals surface area contributed by atoms with Crippen molar-refractivity contribution in [3.8, 4) is 6.07 Å². The summed E-state index contributed by atoms with van der Waals surface area (Å²) in [5.74, 6) is -0.214. The number of carbonyl (C=O) groups is 1. The summed E-state index contributed by atoms with van der Waals surface area (Å²) in [5, 5.41) is 18.1. The Morgan fingerprint density at radius 1 is 1.50 bits per heavy atom. The van der Waals surface area contributed by atoms with Crippen LogP contribution in [0.1, 0.15) is 47.4 Å². The Bertz CT molecular complexity index is 524. The zero-order valence-corrected chi connectivity index (χ0v) is 10.7. The second-order valence-electron chi connectivity index (χ2n) is 5.16. The molecule has 0 saturated heterocycles. The molecule has 94 valence electrons. The van der Waals surface area contributed by atoms with Crippen molar-refractivity contribution in [2.24, 2.45) is 5.92 Å². The summed E-state index contributed by atoms with van der Waals surface area (Å²) >= 11 is 0. The van der Waals surface area contributed by atoms with Crippen molar-refractivity contribution in [3.63, 3.8) is 0 Å². The van der Waals surface area contributed by atoms with Gasteiger partial charge in [0.1, 0.15) is 0 Å². The van der Waals surface area contributed by atoms with Crippen molar-refractivity contribution in [1.82, 2.24) is 0 Å². The Hall–Kier alpha value is -1.82. The summed E-state index contributed by atoms with van der Waals surface area (Å²) in [6.07, 6.45) is 2.38. The molecule has 1 aromatic carbocycles. The number of hydrogen-bond donors (Lipinski definition) is 1. The molecular weight excluding hydrogens is 226 g/mol. The molecule has 1 aromatic rings. The minimum absolute atomic E-state index is 0.0644. The number of aryl methyl sites for hydroxylation is 1. The molecule has 0 radical (unpaired) electrons. The van der Waals surface area contributed by atoms with Crippen LogP contribution in [0.4, 0.5) is 0 Å². The monoisotopic (exact) mass is 243 g/mol. The van der Waals surface area contributed by atoms with Crippen molar-refractivity contribution in [2.45, 2.75) is 39.0 Å². The summed E-state index contributed by atoms with van der Waals surface area (Å²) in [6.45, 7) is 3.99. The molecule has 0 aliphatic heterocycles. The largest absolute Gasteiger partial charge is 0.481 e. The lowest BCUT2D eigenvalue weighted by molar-refractivity contribution is -0.137. The number of nitriles is 1. The topological polar surface area (TPSA) is 61.1 Å². The van der Waals surface area contributed by atoms with E-state index in [4.69, 9.17) is 10.4 Å². The minimum atomic E-state index is -0.758. The molecule has 1 aliphatic rings. The molecule has 2 rings (SSSR count). The minimum Gasteiger partial charge on any atom is -0.481 e. The molecule has 1 fully saturated rings. The zero-order valence-electron chi connectivity index (χ0n) is 10.7. The smallest absolute Gasteiger partial charge is 0.303 e. The molecule has 0 heterocycles. The van der Waals surface area contributed by atoms with Gasteiger partial charge in [-0.3, -0.25) is 4.79 Å². The van der Waals surface area contributed by atoms with Gasteiger partial charge in [-0.25, -0.2) is 0 Å². The molecule has 0 aromatic heterocycles. The van der Waals surface area contributed by atoms with E-state index in [1.54, 1.807) is 0 Å². The molecule has 1 atom stereocenters. The molecule has 1 aliphatic carbocycles. The summed E-state index contributed by atoms with van der Waals surface area (Å²) < 4.78 is 0. The van der Waals surface area contributed by atoms with E-state index in [2.05, 4.69) is 6.07 Å². The lowest BCUT2D eigenvalue weighted by atomic mass is 9.85. The van der Waals surface area contributed by atoms with Crippen LogP contribution >= 0.6 is 0 Å². The Morgan fingerprint density at radius 3 is 2.67 bits per heavy atom. The van der Waals surface area contributed by atoms with Gasteiger partial charge in [0.2, 0.25) is 0 Å². The Kier molecular flexibility index (Phi) is 3.38. The van der Waals surface area contributed by atoms with Gasteiger partial charge in [-0.05, 0) is 67.3 Å². The van der Waals surface area contributed by atoms with Crippen molar-refractivity contribution in [2.75, 3.05) is 0 Å². The molecule has 1 unspecified atom stereocenters. The standard InChI is InChI=1S/C15H17NO2/c1-9-5-11(8-16)6-13(10(9)2)14(7-15(17)18)12-3-4-12/h5-6,12,14H,3-4,7H2,1-2H3,(H,17,18). The number of carboxylic acids is 1. The first kappa shape index (κ1) is 12.6. The van der Waals surface area contributed by atoms with Gasteiger partial charge in [0.05, 0.1) is 18.1 Å². The molecule has 3 nitrogen and oxygen atoms in total. The molecule has 3 heteroatoms. The molecule has 0 bridgehead atoms. The van der Waals surface area contributed by atoms with Crippen molar-refractivity contribution >= 4 is 5.97 Å². The van der Waals surface area contributed by atoms with Crippen LogP contribution in [0.15, 0.2) is 12.1 Å². The zero-order chi connectivity index (χ0) is 13.3. The highest BCUT2D eigenvalue weighted by Gasteiger charge is 2.34. The van der Waals surface area contributed by atoms with Gasteiger partial charge >= 0.3 is 5.97 Å². The number of aliphatic carboxylic acids is 1. The van der Waals surface area contributed by atoms with Crippen LogP contribution in [0, 0.1) is 31.1 Å². The van der Waals surface area contributed by atoms with Crippen LogP contribution in [0.5, 0.6) is 0 Å². The first-order valence-electron chi connectivity index (χ1n) is 6.26. The quantitative estimate of drug-likeness (QED) is 0.883. The lowest BCUT2D eigenvalue weighted by Crippen LogP contribution is -2.10. The third-order valence-corrected chi connectivity index (χ3v) is 3.82. The van der Waals surface area contributed by atoms with E-state index >= 15 is 0 Å². The second kappa shape index (κ2) is 4.81. The fourth-order valence-corrected chi connectivity index (χ4v) is 2.55. The Labute approximate surface area is 107 Å². The van der Waals surface area contributed by atoms with Crippen LogP contribution < -0.4 is 0 Å². The predicted octanol–water partition coefficient (Wildman–Crippen LogP) is 3.14. The van der Waals surface area contributed by atoms with Gasteiger partial charge in [-0.1, -0.05) is 0 Å². The number of benzene rings is 1. The van der Waals surface area contributed by atoms with Crippen LogP contribution in [0.2, 0.25) is 0 Å². The summed E-state index contributed by atoms with van der Waals surface area (Å²) in [5.41, 5.74) is 3.88. The van der Waals surface area contributed by atoms with Gasteiger partial charge in [-0.15, -0.1) is 0 Å². The third-order valence-electron chi connectivity index (χ3n) is 3.82. The van der Waals surface area contributed by atoms with Crippen LogP contribution in [-0.2, 0) is 4.79 Å². The second-order valence-corrected chi connectivity index (χ2v) is 5.16.